The van der Waals surface area contributed by atoms with E-state index in [1.165, 1.54) is 11.0 Å². The highest BCUT2D eigenvalue weighted by Gasteiger charge is 2.32. The molecule has 26 heavy (non-hydrogen) atoms. The lowest BCUT2D eigenvalue weighted by Gasteiger charge is -2.30. The number of aryl methyl sites for hydroxylation is 1. The lowest BCUT2D eigenvalue weighted by Crippen LogP contribution is -2.34. The highest BCUT2D eigenvalue weighted by Crippen LogP contribution is 2.41. The average molecular weight is 418 g/mol. The molecule has 0 fully saturated rings. The first-order valence-electron chi connectivity index (χ1n) is 8.10. The second-order valence-electron chi connectivity index (χ2n) is 6.24. The minimum absolute atomic E-state index is 0.00670. The standard InChI is InChI=1S/C20H17BrFNO3/c1-11-7-8-13(9-16(11)22)12(2)23-17-6-4-3-5-14(17)19(21)15(20(25)26)10-18(23)24/h3-9,12H,10H2,1-2H3,(H,25,26). The first kappa shape index (κ1) is 18.3. The highest BCUT2D eigenvalue weighted by molar-refractivity contribution is 9.15. The number of carboxylic acids is 1. The molecule has 4 nitrogen and oxygen atoms in total. The van der Waals surface area contributed by atoms with Gasteiger partial charge in [-0.25, -0.2) is 9.18 Å². The summed E-state index contributed by atoms with van der Waals surface area (Å²) in [5.41, 5.74) is 2.39. The molecule has 1 N–H and O–H groups in total. The summed E-state index contributed by atoms with van der Waals surface area (Å²) in [6.07, 6.45) is -0.247. The number of amides is 1. The normalized spacial score (nSPS) is 15.5. The van der Waals surface area contributed by atoms with E-state index in [2.05, 4.69) is 15.9 Å². The molecule has 1 unspecified atom stereocenters. The first-order valence-corrected chi connectivity index (χ1v) is 8.90. The summed E-state index contributed by atoms with van der Waals surface area (Å²) in [7, 11) is 0. The summed E-state index contributed by atoms with van der Waals surface area (Å²) in [5.74, 6) is -1.83. The largest absolute Gasteiger partial charge is 0.478 e. The van der Waals surface area contributed by atoms with E-state index in [9.17, 15) is 19.1 Å². The van der Waals surface area contributed by atoms with E-state index in [0.717, 1.165) is 0 Å². The third kappa shape index (κ3) is 3.17. The van der Waals surface area contributed by atoms with Gasteiger partial charge in [-0.15, -0.1) is 0 Å². The summed E-state index contributed by atoms with van der Waals surface area (Å²) in [4.78, 5) is 26.0. The fourth-order valence-corrected chi connectivity index (χ4v) is 3.74. The van der Waals surface area contributed by atoms with Crippen LogP contribution in [0, 0.1) is 12.7 Å². The maximum Gasteiger partial charge on any atom is 0.333 e. The minimum atomic E-state index is -1.14. The Balaban J connectivity index is 2.14. The monoisotopic (exact) mass is 417 g/mol. The van der Waals surface area contributed by atoms with Gasteiger partial charge < -0.3 is 10.0 Å². The van der Waals surface area contributed by atoms with Crippen molar-refractivity contribution in [1.82, 2.24) is 0 Å². The van der Waals surface area contributed by atoms with Gasteiger partial charge in [-0.05, 0) is 53.0 Å². The van der Waals surface area contributed by atoms with Crippen LogP contribution in [0.3, 0.4) is 0 Å². The van der Waals surface area contributed by atoms with Crippen LogP contribution in [-0.2, 0) is 9.59 Å². The number of aliphatic carboxylic acids is 1. The zero-order valence-electron chi connectivity index (χ0n) is 14.3. The quantitative estimate of drug-likeness (QED) is 0.778. The van der Waals surface area contributed by atoms with Gasteiger partial charge >= 0.3 is 5.97 Å². The third-order valence-corrected chi connectivity index (χ3v) is 5.49. The molecule has 0 radical (unpaired) electrons. The van der Waals surface area contributed by atoms with Crippen LogP contribution >= 0.6 is 15.9 Å². The second-order valence-corrected chi connectivity index (χ2v) is 7.03. The van der Waals surface area contributed by atoms with Crippen LogP contribution in [0.1, 0.15) is 36.1 Å². The van der Waals surface area contributed by atoms with Crippen LogP contribution in [0.15, 0.2) is 48.0 Å². The average Bonchev–Trinajstić information content (AvgIpc) is 2.72. The Hall–Kier alpha value is -2.47. The summed E-state index contributed by atoms with van der Waals surface area (Å²) < 4.78 is 14.4. The van der Waals surface area contributed by atoms with Crippen LogP contribution in [0.2, 0.25) is 0 Å². The molecule has 6 heteroatoms. The summed E-state index contributed by atoms with van der Waals surface area (Å²) in [6.45, 7) is 3.48. The Morgan fingerprint density at radius 1 is 1.27 bits per heavy atom. The molecule has 1 heterocycles. The van der Waals surface area contributed by atoms with Crippen molar-refractivity contribution in [3.63, 3.8) is 0 Å². The Kier molecular flexibility index (Phi) is 4.96. The molecule has 2 aromatic rings. The number of hydrogen-bond acceptors (Lipinski definition) is 2. The Morgan fingerprint density at radius 3 is 2.62 bits per heavy atom. The Bertz CT molecular complexity index is 938. The van der Waals surface area contributed by atoms with Crippen LogP contribution in [0.25, 0.3) is 4.48 Å². The molecule has 1 aliphatic rings. The van der Waals surface area contributed by atoms with Crippen molar-refractivity contribution in [2.75, 3.05) is 4.90 Å². The van der Waals surface area contributed by atoms with Crippen molar-refractivity contribution < 1.29 is 19.1 Å². The molecule has 1 aliphatic heterocycles. The van der Waals surface area contributed by atoms with Gasteiger partial charge in [-0.1, -0.05) is 30.3 Å². The molecular weight excluding hydrogens is 401 g/mol. The number of carbonyl (C=O) groups excluding carboxylic acids is 1. The molecule has 2 aromatic carbocycles. The number of carbonyl (C=O) groups is 2. The maximum atomic E-state index is 14.0. The molecule has 0 bridgehead atoms. The van der Waals surface area contributed by atoms with Gasteiger partial charge in [0.2, 0.25) is 5.91 Å². The van der Waals surface area contributed by atoms with Gasteiger partial charge in [-0.3, -0.25) is 4.79 Å². The van der Waals surface area contributed by atoms with E-state index in [-0.39, 0.29) is 23.7 Å². The van der Waals surface area contributed by atoms with Gasteiger partial charge in [0.15, 0.2) is 0 Å². The van der Waals surface area contributed by atoms with Crippen LogP contribution < -0.4 is 4.90 Å². The fraction of sp³-hybridized carbons (Fsp3) is 0.200. The number of fused-ring (bicyclic) bond motifs is 1. The molecule has 3 rings (SSSR count). The summed E-state index contributed by atoms with van der Waals surface area (Å²) >= 11 is 3.35. The molecule has 0 spiro atoms. The molecule has 0 saturated heterocycles. The van der Waals surface area contributed by atoms with E-state index in [1.54, 1.807) is 50.2 Å². The third-order valence-electron chi connectivity index (χ3n) is 4.59. The highest BCUT2D eigenvalue weighted by atomic mass is 79.9. The lowest BCUT2D eigenvalue weighted by molar-refractivity contribution is -0.133. The zero-order valence-corrected chi connectivity index (χ0v) is 15.9. The maximum absolute atomic E-state index is 14.0. The molecule has 1 amide bonds. The zero-order chi connectivity index (χ0) is 19.0. The second kappa shape index (κ2) is 7.03. The number of carboxylic acid groups (broad SMARTS) is 1. The predicted octanol–water partition coefficient (Wildman–Crippen LogP) is 4.82. The van der Waals surface area contributed by atoms with E-state index in [1.807, 2.05) is 0 Å². The number of halogens is 2. The summed E-state index contributed by atoms with van der Waals surface area (Å²) in [5, 5.41) is 9.48. The van der Waals surface area contributed by atoms with Gasteiger partial charge in [0.05, 0.1) is 23.7 Å². The SMILES string of the molecule is Cc1ccc(C(C)N2C(=O)CC(C(=O)O)=C(Br)c3ccccc32)cc1F. The molecule has 1 atom stereocenters. The van der Waals surface area contributed by atoms with Crippen molar-refractivity contribution in [3.8, 4) is 0 Å². The summed E-state index contributed by atoms with van der Waals surface area (Å²) in [6, 6.07) is 11.5. The van der Waals surface area contributed by atoms with E-state index < -0.39 is 12.0 Å². The first-order chi connectivity index (χ1) is 12.3. The number of hydrogen-bond donors (Lipinski definition) is 1. The van der Waals surface area contributed by atoms with Gasteiger partial charge in [0.1, 0.15) is 5.82 Å². The number of rotatable bonds is 3. The van der Waals surface area contributed by atoms with E-state index in [4.69, 9.17) is 0 Å². The van der Waals surface area contributed by atoms with E-state index in [0.29, 0.717) is 26.9 Å². The number of nitrogens with zero attached hydrogens (tertiary/aromatic N) is 1. The van der Waals surface area contributed by atoms with Gasteiger partial charge in [0, 0.05) is 10.0 Å². The topological polar surface area (TPSA) is 57.6 Å². The number of para-hydroxylation sites is 1. The molecule has 134 valence electrons. The lowest BCUT2D eigenvalue weighted by atomic mass is 10.0. The molecule has 0 aromatic heterocycles. The number of benzene rings is 2. The molecular formula is C20H17BrFNO3. The predicted molar refractivity (Wildman–Crippen MR) is 102 cm³/mol. The number of anilines is 1. The van der Waals surface area contributed by atoms with Crippen molar-refractivity contribution in [1.29, 1.82) is 0 Å². The fourth-order valence-electron chi connectivity index (χ4n) is 3.09. The Morgan fingerprint density at radius 2 is 1.96 bits per heavy atom. The van der Waals surface area contributed by atoms with Crippen LogP contribution in [0.4, 0.5) is 10.1 Å². The molecule has 0 saturated carbocycles. The van der Waals surface area contributed by atoms with Crippen molar-refractivity contribution in [2.24, 2.45) is 0 Å². The van der Waals surface area contributed by atoms with E-state index >= 15 is 0 Å². The van der Waals surface area contributed by atoms with Crippen molar-refractivity contribution in [2.45, 2.75) is 26.3 Å². The molecule has 0 aliphatic carbocycles. The van der Waals surface area contributed by atoms with Crippen molar-refractivity contribution in [3.05, 3.63) is 70.5 Å². The van der Waals surface area contributed by atoms with Gasteiger partial charge in [0.25, 0.3) is 0 Å². The van der Waals surface area contributed by atoms with Crippen molar-refractivity contribution >= 4 is 38.0 Å². The minimum Gasteiger partial charge on any atom is -0.478 e. The van der Waals surface area contributed by atoms with Crippen LogP contribution in [-0.4, -0.2) is 17.0 Å². The smallest absolute Gasteiger partial charge is 0.333 e. The Labute approximate surface area is 159 Å². The van der Waals surface area contributed by atoms with Gasteiger partial charge in [-0.2, -0.15) is 0 Å². The van der Waals surface area contributed by atoms with Crippen LogP contribution in [0.5, 0.6) is 0 Å².